The standard InChI is InChI=1S/C11H23N3O2.HI/c1-9(2)5-7-13-11(12-3)14-8-6-10(15)16-4;/h9H,5-8H2,1-4H3,(H2,12,13,14);1H. The number of esters is 1. The van der Waals surface area contributed by atoms with Crippen molar-refractivity contribution in [3.63, 3.8) is 0 Å². The Balaban J connectivity index is 0. The van der Waals surface area contributed by atoms with Crippen molar-refractivity contribution < 1.29 is 9.53 Å². The van der Waals surface area contributed by atoms with Crippen molar-refractivity contribution in [1.82, 2.24) is 10.6 Å². The predicted octanol–water partition coefficient (Wildman–Crippen LogP) is 1.38. The molecule has 0 heterocycles. The molecular formula is C11H24IN3O2. The Bertz CT molecular complexity index is 233. The van der Waals surface area contributed by atoms with Crippen LogP contribution in [0, 0.1) is 5.92 Å². The summed E-state index contributed by atoms with van der Waals surface area (Å²) in [5.74, 6) is 1.18. The number of aliphatic imine (C=N–C) groups is 1. The molecule has 0 bridgehead atoms. The van der Waals surface area contributed by atoms with E-state index in [1.807, 2.05) is 0 Å². The van der Waals surface area contributed by atoms with E-state index >= 15 is 0 Å². The van der Waals surface area contributed by atoms with Crippen LogP contribution in [0.5, 0.6) is 0 Å². The highest BCUT2D eigenvalue weighted by Crippen LogP contribution is 1.95. The maximum absolute atomic E-state index is 10.9. The van der Waals surface area contributed by atoms with Gasteiger partial charge in [0.25, 0.3) is 0 Å². The SMILES string of the molecule is CN=C(NCCC(=O)OC)NCCC(C)C.I. The van der Waals surface area contributed by atoms with Gasteiger partial charge in [0.1, 0.15) is 0 Å². The Morgan fingerprint density at radius 2 is 1.88 bits per heavy atom. The third-order valence-corrected chi connectivity index (χ3v) is 2.09. The first-order valence-corrected chi connectivity index (χ1v) is 5.61. The third kappa shape index (κ3) is 11.7. The summed E-state index contributed by atoms with van der Waals surface area (Å²) in [5, 5.41) is 6.23. The van der Waals surface area contributed by atoms with Gasteiger partial charge < -0.3 is 15.4 Å². The molecule has 0 aromatic carbocycles. The molecule has 2 N–H and O–H groups in total. The number of hydrogen-bond donors (Lipinski definition) is 2. The average molecular weight is 357 g/mol. The molecule has 0 rings (SSSR count). The highest BCUT2D eigenvalue weighted by atomic mass is 127. The van der Waals surface area contributed by atoms with Gasteiger partial charge in [0, 0.05) is 20.1 Å². The Hall–Kier alpha value is -0.530. The molecule has 0 unspecified atom stereocenters. The molecule has 0 spiro atoms. The highest BCUT2D eigenvalue weighted by Gasteiger charge is 2.01. The largest absolute Gasteiger partial charge is 0.469 e. The summed E-state index contributed by atoms with van der Waals surface area (Å²) in [6.07, 6.45) is 1.44. The number of rotatable bonds is 6. The summed E-state index contributed by atoms with van der Waals surface area (Å²) in [6.45, 7) is 5.77. The first-order valence-electron chi connectivity index (χ1n) is 5.61. The molecule has 5 nitrogen and oxygen atoms in total. The van der Waals surface area contributed by atoms with Crippen LogP contribution in [-0.4, -0.2) is 39.2 Å². The van der Waals surface area contributed by atoms with Gasteiger partial charge in [0.05, 0.1) is 13.5 Å². The lowest BCUT2D eigenvalue weighted by Gasteiger charge is -2.12. The van der Waals surface area contributed by atoms with Crippen LogP contribution in [0.1, 0.15) is 26.7 Å². The molecule has 0 aromatic rings. The molecule has 0 aliphatic carbocycles. The lowest BCUT2D eigenvalue weighted by atomic mass is 10.1. The molecule has 0 radical (unpaired) electrons. The Morgan fingerprint density at radius 3 is 2.35 bits per heavy atom. The number of hydrogen-bond acceptors (Lipinski definition) is 3. The fourth-order valence-corrected chi connectivity index (χ4v) is 1.08. The predicted molar refractivity (Wildman–Crippen MR) is 80.9 cm³/mol. The zero-order valence-electron chi connectivity index (χ0n) is 11.1. The fraction of sp³-hybridized carbons (Fsp3) is 0.818. The van der Waals surface area contributed by atoms with E-state index in [0.29, 0.717) is 18.9 Å². The van der Waals surface area contributed by atoms with Crippen molar-refractivity contribution in [2.75, 3.05) is 27.2 Å². The van der Waals surface area contributed by atoms with Crippen molar-refractivity contribution in [2.24, 2.45) is 10.9 Å². The zero-order chi connectivity index (χ0) is 12.4. The van der Waals surface area contributed by atoms with E-state index in [2.05, 4.69) is 34.2 Å². The molecule has 0 amide bonds. The summed E-state index contributed by atoms with van der Waals surface area (Å²) in [5.41, 5.74) is 0. The number of methoxy groups -OCH3 is 1. The van der Waals surface area contributed by atoms with E-state index in [-0.39, 0.29) is 29.9 Å². The van der Waals surface area contributed by atoms with Crippen LogP contribution >= 0.6 is 24.0 Å². The van der Waals surface area contributed by atoms with E-state index in [4.69, 9.17) is 0 Å². The maximum Gasteiger partial charge on any atom is 0.307 e. The van der Waals surface area contributed by atoms with Gasteiger partial charge in [-0.3, -0.25) is 9.79 Å². The smallest absolute Gasteiger partial charge is 0.307 e. The van der Waals surface area contributed by atoms with Crippen LogP contribution in [-0.2, 0) is 9.53 Å². The van der Waals surface area contributed by atoms with Gasteiger partial charge in [-0.2, -0.15) is 0 Å². The van der Waals surface area contributed by atoms with Gasteiger partial charge in [-0.15, -0.1) is 24.0 Å². The topological polar surface area (TPSA) is 62.7 Å². The average Bonchev–Trinajstić information content (AvgIpc) is 2.26. The first kappa shape index (κ1) is 18.8. The van der Waals surface area contributed by atoms with Crippen molar-refractivity contribution >= 4 is 35.9 Å². The van der Waals surface area contributed by atoms with Gasteiger partial charge >= 0.3 is 5.97 Å². The summed E-state index contributed by atoms with van der Waals surface area (Å²) in [6, 6.07) is 0. The molecule has 6 heteroatoms. The Morgan fingerprint density at radius 1 is 1.29 bits per heavy atom. The number of carbonyl (C=O) groups excluding carboxylic acids is 1. The molecule has 0 saturated carbocycles. The van der Waals surface area contributed by atoms with E-state index in [9.17, 15) is 4.79 Å². The lowest BCUT2D eigenvalue weighted by molar-refractivity contribution is -0.140. The van der Waals surface area contributed by atoms with Crippen molar-refractivity contribution in [1.29, 1.82) is 0 Å². The molecule has 0 saturated heterocycles. The fourth-order valence-electron chi connectivity index (χ4n) is 1.08. The molecule has 0 aromatic heterocycles. The Labute approximate surface area is 121 Å². The maximum atomic E-state index is 10.9. The number of nitrogens with zero attached hydrogens (tertiary/aromatic N) is 1. The summed E-state index contributed by atoms with van der Waals surface area (Å²) in [7, 11) is 3.10. The third-order valence-electron chi connectivity index (χ3n) is 2.09. The van der Waals surface area contributed by atoms with Gasteiger partial charge in [-0.25, -0.2) is 0 Å². The van der Waals surface area contributed by atoms with Crippen LogP contribution in [0.4, 0.5) is 0 Å². The first-order chi connectivity index (χ1) is 7.60. The monoisotopic (exact) mass is 357 g/mol. The second-order valence-electron chi connectivity index (χ2n) is 3.93. The number of nitrogens with one attached hydrogen (secondary N) is 2. The minimum absolute atomic E-state index is 0. The van der Waals surface area contributed by atoms with Gasteiger partial charge in [-0.05, 0) is 12.3 Å². The summed E-state index contributed by atoms with van der Waals surface area (Å²) < 4.78 is 4.54. The number of ether oxygens (including phenoxy) is 1. The molecule has 0 atom stereocenters. The minimum atomic E-state index is -0.217. The highest BCUT2D eigenvalue weighted by molar-refractivity contribution is 14.0. The Kier molecular flexibility index (Phi) is 13.2. The normalized spacial score (nSPS) is 10.8. The van der Waals surface area contributed by atoms with Gasteiger partial charge in [-0.1, -0.05) is 13.8 Å². The molecule has 17 heavy (non-hydrogen) atoms. The van der Waals surface area contributed by atoms with E-state index in [1.165, 1.54) is 7.11 Å². The molecule has 102 valence electrons. The van der Waals surface area contributed by atoms with Crippen molar-refractivity contribution in [3.05, 3.63) is 0 Å². The quantitative estimate of drug-likeness (QED) is 0.326. The van der Waals surface area contributed by atoms with E-state index in [0.717, 1.165) is 18.9 Å². The summed E-state index contributed by atoms with van der Waals surface area (Å²) >= 11 is 0. The molecule has 0 aliphatic heterocycles. The number of carbonyl (C=O) groups is 1. The van der Waals surface area contributed by atoms with Crippen LogP contribution < -0.4 is 10.6 Å². The van der Waals surface area contributed by atoms with Gasteiger partial charge in [0.2, 0.25) is 0 Å². The van der Waals surface area contributed by atoms with E-state index < -0.39 is 0 Å². The number of halogens is 1. The van der Waals surface area contributed by atoms with Crippen LogP contribution in [0.25, 0.3) is 0 Å². The van der Waals surface area contributed by atoms with Gasteiger partial charge in [0.15, 0.2) is 5.96 Å². The second kappa shape index (κ2) is 11.9. The van der Waals surface area contributed by atoms with Crippen LogP contribution in [0.2, 0.25) is 0 Å². The summed E-state index contributed by atoms with van der Waals surface area (Å²) in [4.78, 5) is 14.9. The zero-order valence-corrected chi connectivity index (χ0v) is 13.4. The van der Waals surface area contributed by atoms with Crippen LogP contribution in [0.15, 0.2) is 4.99 Å². The van der Waals surface area contributed by atoms with Crippen LogP contribution in [0.3, 0.4) is 0 Å². The second-order valence-corrected chi connectivity index (χ2v) is 3.93. The van der Waals surface area contributed by atoms with E-state index in [1.54, 1.807) is 7.05 Å². The van der Waals surface area contributed by atoms with Crippen molar-refractivity contribution in [3.8, 4) is 0 Å². The molecule has 0 aliphatic rings. The van der Waals surface area contributed by atoms with Crippen molar-refractivity contribution in [2.45, 2.75) is 26.7 Å². The molecule has 0 fully saturated rings. The minimum Gasteiger partial charge on any atom is -0.469 e. The molecular weight excluding hydrogens is 333 g/mol. The lowest BCUT2D eigenvalue weighted by Crippen LogP contribution is -2.39. The number of guanidine groups is 1.